The van der Waals surface area contributed by atoms with Crippen LogP contribution in [0.15, 0.2) is 24.5 Å². The van der Waals surface area contributed by atoms with E-state index in [1.807, 2.05) is 35.9 Å². The molecular formula is C16H20N2O3. The molecule has 2 aromatic rings. The molecule has 0 radical (unpaired) electrons. The fourth-order valence-electron chi connectivity index (χ4n) is 2.89. The molecule has 1 N–H and O–H groups in total. The molecule has 5 heteroatoms. The Bertz CT molecular complexity index is 657. The molecule has 0 aromatic carbocycles. The summed E-state index contributed by atoms with van der Waals surface area (Å²) >= 11 is 0. The molecule has 1 aliphatic carbocycles. The van der Waals surface area contributed by atoms with Gasteiger partial charge in [-0.05, 0) is 44.2 Å². The second-order valence-corrected chi connectivity index (χ2v) is 5.82. The molecule has 0 aliphatic heterocycles. The van der Waals surface area contributed by atoms with Gasteiger partial charge in [0, 0.05) is 12.4 Å². The minimum atomic E-state index is -1.30. The van der Waals surface area contributed by atoms with E-state index in [1.54, 1.807) is 0 Å². The number of carbonyl (C=O) groups is 1. The summed E-state index contributed by atoms with van der Waals surface area (Å²) in [5.74, 6) is -0.518. The Kier molecular flexibility index (Phi) is 3.68. The van der Waals surface area contributed by atoms with Gasteiger partial charge in [-0.3, -0.25) is 0 Å². The maximum Gasteiger partial charge on any atom is 0.338 e. The fourth-order valence-corrected chi connectivity index (χ4v) is 2.89. The van der Waals surface area contributed by atoms with Crippen LogP contribution in [0.25, 0.3) is 5.65 Å². The molecule has 3 rings (SSSR count). The van der Waals surface area contributed by atoms with E-state index < -0.39 is 11.6 Å². The molecule has 1 saturated carbocycles. The molecule has 0 atom stereocenters. The van der Waals surface area contributed by atoms with Gasteiger partial charge in [-0.25, -0.2) is 9.78 Å². The number of rotatable bonds is 3. The lowest BCUT2D eigenvalue weighted by molar-refractivity contribution is -0.170. The molecule has 0 spiro atoms. The van der Waals surface area contributed by atoms with E-state index in [4.69, 9.17) is 4.74 Å². The molecule has 21 heavy (non-hydrogen) atoms. The summed E-state index contributed by atoms with van der Waals surface area (Å²) in [6.07, 6.45) is 7.57. The molecular weight excluding hydrogens is 268 g/mol. The van der Waals surface area contributed by atoms with Crippen molar-refractivity contribution < 1.29 is 14.6 Å². The molecule has 5 nitrogen and oxygen atoms in total. The van der Waals surface area contributed by atoms with Crippen molar-refractivity contribution in [3.8, 4) is 0 Å². The highest BCUT2D eigenvalue weighted by Crippen LogP contribution is 2.29. The highest BCUT2D eigenvalue weighted by molar-refractivity contribution is 5.79. The lowest BCUT2D eigenvalue weighted by Crippen LogP contribution is -2.41. The van der Waals surface area contributed by atoms with E-state index in [9.17, 15) is 9.90 Å². The van der Waals surface area contributed by atoms with Crippen molar-refractivity contribution in [2.75, 3.05) is 0 Å². The third kappa shape index (κ3) is 2.78. The smallest absolute Gasteiger partial charge is 0.338 e. The largest absolute Gasteiger partial charge is 0.457 e. The van der Waals surface area contributed by atoms with E-state index >= 15 is 0 Å². The monoisotopic (exact) mass is 288 g/mol. The zero-order valence-corrected chi connectivity index (χ0v) is 12.2. The van der Waals surface area contributed by atoms with Gasteiger partial charge in [-0.2, -0.15) is 0 Å². The first-order valence-electron chi connectivity index (χ1n) is 7.41. The second-order valence-electron chi connectivity index (χ2n) is 5.82. The number of aryl methyl sites for hydroxylation is 1. The summed E-state index contributed by atoms with van der Waals surface area (Å²) in [7, 11) is 0. The van der Waals surface area contributed by atoms with Crippen LogP contribution in [0.2, 0.25) is 0 Å². The van der Waals surface area contributed by atoms with E-state index in [1.165, 1.54) is 0 Å². The minimum absolute atomic E-state index is 0.0995. The van der Waals surface area contributed by atoms with Gasteiger partial charge in [0.2, 0.25) is 0 Å². The van der Waals surface area contributed by atoms with Crippen LogP contribution in [0.5, 0.6) is 0 Å². The van der Waals surface area contributed by atoms with Crippen molar-refractivity contribution in [2.45, 2.75) is 51.2 Å². The van der Waals surface area contributed by atoms with E-state index in [0.717, 1.165) is 30.5 Å². The van der Waals surface area contributed by atoms with Crippen LogP contribution < -0.4 is 0 Å². The zero-order valence-electron chi connectivity index (χ0n) is 12.2. The number of pyridine rings is 1. The van der Waals surface area contributed by atoms with E-state index in [-0.39, 0.29) is 6.61 Å². The first kappa shape index (κ1) is 14.1. The summed E-state index contributed by atoms with van der Waals surface area (Å²) in [5, 5.41) is 10.3. The van der Waals surface area contributed by atoms with Gasteiger partial charge in [0.25, 0.3) is 0 Å². The fraction of sp³-hybridized carbons (Fsp3) is 0.500. The van der Waals surface area contributed by atoms with Crippen molar-refractivity contribution in [3.05, 3.63) is 35.8 Å². The average Bonchev–Trinajstić information content (AvgIpc) is 2.90. The minimum Gasteiger partial charge on any atom is -0.457 e. The summed E-state index contributed by atoms with van der Waals surface area (Å²) in [6, 6.07) is 3.94. The molecule has 1 aliphatic rings. The highest BCUT2D eigenvalue weighted by Gasteiger charge is 2.38. The number of hydrogen-bond acceptors (Lipinski definition) is 4. The zero-order chi connectivity index (χ0) is 14.9. The van der Waals surface area contributed by atoms with Crippen LogP contribution >= 0.6 is 0 Å². The predicted molar refractivity (Wildman–Crippen MR) is 77.8 cm³/mol. The molecule has 0 bridgehead atoms. The summed E-state index contributed by atoms with van der Waals surface area (Å²) in [6.45, 7) is 2.09. The Balaban J connectivity index is 1.68. The molecule has 112 valence electrons. The Hall–Kier alpha value is -1.88. The number of nitrogens with zero attached hydrogens (tertiary/aromatic N) is 2. The third-order valence-electron chi connectivity index (χ3n) is 4.14. The third-order valence-corrected chi connectivity index (χ3v) is 4.14. The van der Waals surface area contributed by atoms with Crippen molar-refractivity contribution in [3.63, 3.8) is 0 Å². The van der Waals surface area contributed by atoms with Crippen LogP contribution in [-0.4, -0.2) is 26.1 Å². The number of aromatic nitrogens is 2. The number of esters is 1. The Morgan fingerprint density at radius 3 is 2.90 bits per heavy atom. The molecule has 1 fully saturated rings. The van der Waals surface area contributed by atoms with Gasteiger partial charge >= 0.3 is 5.97 Å². The standard InChI is InChI=1S/C16H20N2O3/c1-12-6-5-9-18-10-13(17-14(12)18)11-21-15(19)16(20)7-3-2-4-8-16/h5-6,9-10,20H,2-4,7-8,11H2,1H3. The van der Waals surface area contributed by atoms with Gasteiger partial charge in [-0.15, -0.1) is 0 Å². The highest BCUT2D eigenvalue weighted by atomic mass is 16.5. The topological polar surface area (TPSA) is 63.8 Å². The molecule has 2 heterocycles. The molecule has 0 saturated heterocycles. The first-order chi connectivity index (χ1) is 10.1. The summed E-state index contributed by atoms with van der Waals surface area (Å²) < 4.78 is 7.19. The quantitative estimate of drug-likeness (QED) is 0.881. The first-order valence-corrected chi connectivity index (χ1v) is 7.41. The van der Waals surface area contributed by atoms with Crippen LogP contribution in [0.4, 0.5) is 0 Å². The van der Waals surface area contributed by atoms with Gasteiger partial charge in [0.15, 0.2) is 5.60 Å². The van der Waals surface area contributed by atoms with E-state index in [2.05, 4.69) is 4.98 Å². The molecule has 2 aromatic heterocycles. The van der Waals surface area contributed by atoms with Crippen molar-refractivity contribution in [2.24, 2.45) is 0 Å². The number of hydrogen-bond donors (Lipinski definition) is 1. The Morgan fingerprint density at radius 2 is 2.19 bits per heavy atom. The van der Waals surface area contributed by atoms with Gasteiger partial charge in [0.1, 0.15) is 12.3 Å². The maximum absolute atomic E-state index is 12.1. The molecule has 0 amide bonds. The maximum atomic E-state index is 12.1. The van der Waals surface area contributed by atoms with Crippen LogP contribution in [0.1, 0.15) is 43.4 Å². The van der Waals surface area contributed by atoms with Gasteiger partial charge in [-0.1, -0.05) is 12.5 Å². The predicted octanol–water partition coefficient (Wildman–Crippen LogP) is 2.38. The number of imidazole rings is 1. The summed E-state index contributed by atoms with van der Waals surface area (Å²) in [4.78, 5) is 16.5. The van der Waals surface area contributed by atoms with Crippen molar-refractivity contribution in [1.29, 1.82) is 0 Å². The second kappa shape index (κ2) is 5.48. The SMILES string of the molecule is Cc1cccn2cc(COC(=O)C3(O)CCCCC3)nc12. The number of aliphatic hydroxyl groups is 1. The van der Waals surface area contributed by atoms with Crippen LogP contribution in [0.3, 0.4) is 0 Å². The number of ether oxygens (including phenoxy) is 1. The van der Waals surface area contributed by atoms with Gasteiger partial charge < -0.3 is 14.2 Å². The lowest BCUT2D eigenvalue weighted by Gasteiger charge is -2.29. The number of carbonyl (C=O) groups excluding carboxylic acids is 1. The Labute approximate surface area is 123 Å². The average molecular weight is 288 g/mol. The lowest BCUT2D eigenvalue weighted by atomic mass is 9.85. The van der Waals surface area contributed by atoms with Crippen LogP contribution in [0, 0.1) is 6.92 Å². The normalized spacial score (nSPS) is 17.8. The van der Waals surface area contributed by atoms with E-state index in [0.29, 0.717) is 18.5 Å². The molecule has 0 unspecified atom stereocenters. The van der Waals surface area contributed by atoms with Gasteiger partial charge in [0.05, 0.1) is 5.69 Å². The van der Waals surface area contributed by atoms with Crippen molar-refractivity contribution >= 4 is 11.6 Å². The van der Waals surface area contributed by atoms with Crippen LogP contribution in [-0.2, 0) is 16.1 Å². The summed E-state index contributed by atoms with van der Waals surface area (Å²) in [5.41, 5.74) is 1.32. The van der Waals surface area contributed by atoms with Crippen molar-refractivity contribution in [1.82, 2.24) is 9.38 Å². The number of fused-ring (bicyclic) bond motifs is 1. The Morgan fingerprint density at radius 1 is 1.43 bits per heavy atom.